The maximum absolute atomic E-state index is 8.86. The highest BCUT2D eigenvalue weighted by atomic mass is 32.1. The summed E-state index contributed by atoms with van der Waals surface area (Å²) in [4.78, 5) is 3.04. The Morgan fingerprint density at radius 1 is 1.46 bits per heavy atom. The third kappa shape index (κ3) is 1.96. The van der Waals surface area contributed by atoms with Crippen molar-refractivity contribution in [2.24, 2.45) is 0 Å². The van der Waals surface area contributed by atoms with Crippen molar-refractivity contribution in [3.63, 3.8) is 0 Å². The van der Waals surface area contributed by atoms with Crippen molar-refractivity contribution in [2.75, 3.05) is 0 Å². The Bertz CT molecular complexity index is 398. The van der Waals surface area contributed by atoms with Gasteiger partial charge in [0.1, 0.15) is 10.7 Å². The number of nitrogens with zero attached hydrogens (tertiary/aromatic N) is 1. The molecule has 0 saturated heterocycles. The normalized spacial score (nSPS) is 9.62. The van der Waals surface area contributed by atoms with Crippen LogP contribution in [-0.2, 0) is 12.8 Å². The van der Waals surface area contributed by atoms with Gasteiger partial charge in [-0.3, -0.25) is 0 Å². The number of nitriles is 1. The zero-order valence-corrected chi connectivity index (χ0v) is 8.66. The van der Waals surface area contributed by atoms with Gasteiger partial charge in [-0.05, 0) is 24.5 Å². The summed E-state index contributed by atoms with van der Waals surface area (Å²) in [6, 6.07) is 4.15. The summed E-state index contributed by atoms with van der Waals surface area (Å²) in [6.45, 7) is 4.09. The molecule has 3 heteroatoms. The molecule has 1 heterocycles. The van der Waals surface area contributed by atoms with Crippen LogP contribution >= 0.6 is 12.2 Å². The predicted octanol–water partition coefficient (Wildman–Crippen LogP) is 2.74. The number of pyridine rings is 1. The SMILES string of the molecule is CCc1cc(CC)c(C#N)c(=S)[nH]1. The smallest absolute Gasteiger partial charge is 0.121 e. The highest BCUT2D eigenvalue weighted by Gasteiger charge is 2.03. The van der Waals surface area contributed by atoms with Crippen molar-refractivity contribution < 1.29 is 0 Å². The van der Waals surface area contributed by atoms with Gasteiger partial charge in [0, 0.05) is 5.69 Å². The molecular weight excluding hydrogens is 180 g/mol. The summed E-state index contributed by atoms with van der Waals surface area (Å²) >= 11 is 5.08. The van der Waals surface area contributed by atoms with Crippen LogP contribution in [0.3, 0.4) is 0 Å². The molecule has 1 N–H and O–H groups in total. The maximum Gasteiger partial charge on any atom is 0.121 e. The first-order chi connectivity index (χ1) is 6.22. The molecular formula is C10H12N2S. The number of H-pyrrole nitrogens is 1. The largest absolute Gasteiger partial charge is 0.349 e. The monoisotopic (exact) mass is 192 g/mol. The molecule has 0 saturated carbocycles. The van der Waals surface area contributed by atoms with Gasteiger partial charge in [0.2, 0.25) is 0 Å². The number of hydrogen-bond donors (Lipinski definition) is 1. The van der Waals surface area contributed by atoms with Gasteiger partial charge in [0.05, 0.1) is 5.56 Å². The highest BCUT2D eigenvalue weighted by molar-refractivity contribution is 7.71. The van der Waals surface area contributed by atoms with Gasteiger partial charge < -0.3 is 4.98 Å². The van der Waals surface area contributed by atoms with E-state index in [-0.39, 0.29) is 0 Å². The molecule has 2 nitrogen and oxygen atoms in total. The minimum absolute atomic E-state index is 0.568. The predicted molar refractivity (Wildman–Crippen MR) is 55.1 cm³/mol. The molecule has 0 fully saturated rings. The topological polar surface area (TPSA) is 39.6 Å². The van der Waals surface area contributed by atoms with E-state index in [1.54, 1.807) is 0 Å². The van der Waals surface area contributed by atoms with Gasteiger partial charge in [-0.15, -0.1) is 0 Å². The molecule has 0 unspecified atom stereocenters. The lowest BCUT2D eigenvalue weighted by Gasteiger charge is -2.04. The van der Waals surface area contributed by atoms with E-state index in [1.807, 2.05) is 13.0 Å². The van der Waals surface area contributed by atoms with Crippen LogP contribution in [0, 0.1) is 16.0 Å². The van der Waals surface area contributed by atoms with Gasteiger partial charge in [-0.2, -0.15) is 5.26 Å². The lowest BCUT2D eigenvalue weighted by atomic mass is 10.1. The molecule has 0 aliphatic heterocycles. The first-order valence-corrected chi connectivity index (χ1v) is 4.78. The zero-order valence-electron chi connectivity index (χ0n) is 7.85. The van der Waals surface area contributed by atoms with Gasteiger partial charge in [0.25, 0.3) is 0 Å². The minimum atomic E-state index is 0.568. The molecule has 68 valence electrons. The number of nitrogens with one attached hydrogen (secondary N) is 1. The van der Waals surface area contributed by atoms with Crippen molar-refractivity contribution >= 4 is 12.2 Å². The lowest BCUT2D eigenvalue weighted by Crippen LogP contribution is -1.96. The standard InChI is InChI=1S/C10H12N2S/c1-3-7-5-8(4-2)12-10(13)9(7)6-11/h5H,3-4H2,1-2H3,(H,12,13). The number of rotatable bonds is 2. The fourth-order valence-electron chi connectivity index (χ4n) is 1.26. The first kappa shape index (κ1) is 9.94. The minimum Gasteiger partial charge on any atom is -0.349 e. The Morgan fingerprint density at radius 2 is 2.15 bits per heavy atom. The number of hydrogen-bond acceptors (Lipinski definition) is 2. The lowest BCUT2D eigenvalue weighted by molar-refractivity contribution is 0.990. The summed E-state index contributed by atoms with van der Waals surface area (Å²) in [5.41, 5.74) is 2.76. The Balaban J connectivity index is 3.40. The Kier molecular flexibility index (Phi) is 3.21. The van der Waals surface area contributed by atoms with Crippen molar-refractivity contribution in [2.45, 2.75) is 26.7 Å². The van der Waals surface area contributed by atoms with Crippen LogP contribution in [0.25, 0.3) is 0 Å². The van der Waals surface area contributed by atoms with Crippen LogP contribution in [0.1, 0.15) is 30.7 Å². The van der Waals surface area contributed by atoms with Crippen molar-refractivity contribution in [1.82, 2.24) is 4.98 Å². The quantitative estimate of drug-likeness (QED) is 0.732. The Morgan fingerprint density at radius 3 is 2.62 bits per heavy atom. The molecule has 0 amide bonds. The molecule has 0 aromatic carbocycles. The average molecular weight is 192 g/mol. The Hall–Kier alpha value is -1.14. The maximum atomic E-state index is 8.86. The second-order valence-corrected chi connectivity index (χ2v) is 3.25. The highest BCUT2D eigenvalue weighted by Crippen LogP contribution is 2.11. The molecule has 0 aliphatic rings. The van der Waals surface area contributed by atoms with E-state index in [0.717, 1.165) is 24.1 Å². The summed E-state index contributed by atoms with van der Waals surface area (Å²) in [5, 5.41) is 8.86. The van der Waals surface area contributed by atoms with Crippen molar-refractivity contribution in [3.05, 3.63) is 27.5 Å². The molecule has 0 bridgehead atoms. The van der Waals surface area contributed by atoms with Gasteiger partial charge in [-0.25, -0.2) is 0 Å². The Labute approximate surface area is 83.2 Å². The van der Waals surface area contributed by atoms with Crippen LogP contribution in [0.15, 0.2) is 6.07 Å². The van der Waals surface area contributed by atoms with E-state index in [1.165, 1.54) is 0 Å². The van der Waals surface area contributed by atoms with Crippen LogP contribution in [0.4, 0.5) is 0 Å². The molecule has 0 spiro atoms. The van der Waals surface area contributed by atoms with E-state index in [9.17, 15) is 0 Å². The van der Waals surface area contributed by atoms with E-state index in [2.05, 4.69) is 18.0 Å². The molecule has 1 rings (SSSR count). The van der Waals surface area contributed by atoms with Crippen LogP contribution in [0.5, 0.6) is 0 Å². The van der Waals surface area contributed by atoms with E-state index >= 15 is 0 Å². The second kappa shape index (κ2) is 4.20. The fourth-order valence-corrected chi connectivity index (χ4v) is 1.57. The van der Waals surface area contributed by atoms with Crippen molar-refractivity contribution in [1.29, 1.82) is 5.26 Å². The average Bonchev–Trinajstić information content (AvgIpc) is 2.16. The number of aromatic nitrogens is 1. The van der Waals surface area contributed by atoms with Crippen LogP contribution in [0.2, 0.25) is 0 Å². The summed E-state index contributed by atoms with van der Waals surface area (Å²) in [5.74, 6) is 0. The van der Waals surface area contributed by atoms with E-state index in [0.29, 0.717) is 10.2 Å². The van der Waals surface area contributed by atoms with Crippen molar-refractivity contribution in [3.8, 4) is 6.07 Å². The third-order valence-corrected chi connectivity index (χ3v) is 2.35. The molecule has 0 radical (unpaired) electrons. The van der Waals surface area contributed by atoms with Gasteiger partial charge >= 0.3 is 0 Å². The summed E-state index contributed by atoms with van der Waals surface area (Å²) in [7, 11) is 0. The van der Waals surface area contributed by atoms with Crippen LogP contribution < -0.4 is 0 Å². The van der Waals surface area contributed by atoms with Gasteiger partial charge in [0.15, 0.2) is 0 Å². The van der Waals surface area contributed by atoms with E-state index in [4.69, 9.17) is 17.5 Å². The molecule has 0 aliphatic carbocycles. The van der Waals surface area contributed by atoms with E-state index < -0.39 is 0 Å². The third-order valence-electron chi connectivity index (χ3n) is 2.04. The first-order valence-electron chi connectivity index (χ1n) is 4.38. The molecule has 1 aromatic heterocycles. The number of aromatic amines is 1. The number of aryl methyl sites for hydroxylation is 2. The summed E-state index contributed by atoms with van der Waals surface area (Å²) in [6.07, 6.45) is 1.77. The molecule has 13 heavy (non-hydrogen) atoms. The zero-order chi connectivity index (χ0) is 9.84. The summed E-state index contributed by atoms with van der Waals surface area (Å²) < 4.78 is 0.568. The van der Waals surface area contributed by atoms with Gasteiger partial charge in [-0.1, -0.05) is 26.1 Å². The molecule has 0 atom stereocenters. The second-order valence-electron chi connectivity index (χ2n) is 2.84. The van der Waals surface area contributed by atoms with Crippen LogP contribution in [-0.4, -0.2) is 4.98 Å². The molecule has 1 aromatic rings. The fraction of sp³-hybridized carbons (Fsp3) is 0.400.